The van der Waals surface area contributed by atoms with Gasteiger partial charge in [-0.25, -0.2) is 9.78 Å². The minimum Gasteiger partial charge on any atom is -0.477 e. The average Bonchev–Trinajstić information content (AvgIpc) is 2.47. The number of aromatic carboxylic acids is 1. The Labute approximate surface area is 80.4 Å². The third-order valence-electron chi connectivity index (χ3n) is 1.61. The number of carboxylic acid groups (broad SMARTS) is 1. The number of hydrogen-bond acceptors (Lipinski definition) is 4. The topological polar surface area (TPSA) is 76.2 Å². The lowest BCUT2D eigenvalue weighted by Gasteiger charge is -2.00. The molecule has 0 saturated carbocycles. The zero-order chi connectivity index (χ0) is 10.0. The summed E-state index contributed by atoms with van der Waals surface area (Å²) in [6.45, 7) is 4.14. The molecular formula is C8H12N2O2S. The molecule has 0 amide bonds. The van der Waals surface area contributed by atoms with Crippen molar-refractivity contribution in [1.82, 2.24) is 4.98 Å². The molecule has 0 radical (unpaired) electrons. The third-order valence-corrected chi connectivity index (χ3v) is 2.69. The van der Waals surface area contributed by atoms with Crippen molar-refractivity contribution in [2.24, 2.45) is 5.73 Å². The smallest absolute Gasteiger partial charge is 0.347 e. The number of nitrogens with zero attached hydrogens (tertiary/aromatic N) is 1. The molecule has 1 rings (SSSR count). The van der Waals surface area contributed by atoms with Gasteiger partial charge in [0, 0.05) is 6.54 Å². The van der Waals surface area contributed by atoms with Crippen molar-refractivity contribution < 1.29 is 9.90 Å². The molecule has 0 aliphatic heterocycles. The van der Waals surface area contributed by atoms with Crippen molar-refractivity contribution in [3.63, 3.8) is 0 Å². The molecule has 4 nitrogen and oxygen atoms in total. The summed E-state index contributed by atoms with van der Waals surface area (Å²) in [5, 5.41) is 9.53. The predicted octanol–water partition coefficient (Wildman–Crippen LogP) is 1.42. The second-order valence-electron chi connectivity index (χ2n) is 2.99. The highest BCUT2D eigenvalue weighted by atomic mass is 32.1. The Kier molecular flexibility index (Phi) is 3.00. The number of rotatable bonds is 3. The summed E-state index contributed by atoms with van der Waals surface area (Å²) in [5.41, 5.74) is 6.02. The van der Waals surface area contributed by atoms with E-state index < -0.39 is 5.97 Å². The Morgan fingerprint density at radius 1 is 1.69 bits per heavy atom. The minimum absolute atomic E-state index is 0.127. The van der Waals surface area contributed by atoms with Crippen molar-refractivity contribution in [1.29, 1.82) is 0 Å². The van der Waals surface area contributed by atoms with Crippen LogP contribution in [-0.2, 0) is 6.54 Å². The zero-order valence-electron chi connectivity index (χ0n) is 7.57. The standard InChI is InChI=1S/C8H12N2O2S/c1-4(2)6-7(8(11)12)13-5(3-9)10-6/h4H,3,9H2,1-2H3,(H,11,12). The summed E-state index contributed by atoms with van der Waals surface area (Å²) in [7, 11) is 0. The van der Waals surface area contributed by atoms with Crippen LogP contribution in [0.15, 0.2) is 0 Å². The highest BCUT2D eigenvalue weighted by Crippen LogP contribution is 2.24. The summed E-state index contributed by atoms with van der Waals surface area (Å²) >= 11 is 1.16. The number of aromatic nitrogens is 1. The molecule has 72 valence electrons. The molecule has 1 aromatic heterocycles. The molecule has 0 fully saturated rings. The van der Waals surface area contributed by atoms with Crippen LogP contribution in [0.3, 0.4) is 0 Å². The molecule has 0 atom stereocenters. The van der Waals surface area contributed by atoms with E-state index in [1.54, 1.807) is 0 Å². The van der Waals surface area contributed by atoms with E-state index in [1.807, 2.05) is 13.8 Å². The van der Waals surface area contributed by atoms with Gasteiger partial charge < -0.3 is 10.8 Å². The van der Waals surface area contributed by atoms with E-state index in [4.69, 9.17) is 10.8 Å². The fourth-order valence-electron chi connectivity index (χ4n) is 1.01. The highest BCUT2D eigenvalue weighted by molar-refractivity contribution is 7.13. The molecule has 3 N–H and O–H groups in total. The van der Waals surface area contributed by atoms with E-state index in [1.165, 1.54) is 0 Å². The highest BCUT2D eigenvalue weighted by Gasteiger charge is 2.18. The number of thiazole rings is 1. The van der Waals surface area contributed by atoms with Crippen LogP contribution in [0.5, 0.6) is 0 Å². The Hall–Kier alpha value is -0.940. The first-order chi connectivity index (χ1) is 6.06. The van der Waals surface area contributed by atoms with E-state index in [0.29, 0.717) is 22.1 Å². The van der Waals surface area contributed by atoms with Gasteiger partial charge >= 0.3 is 5.97 Å². The largest absolute Gasteiger partial charge is 0.477 e. The van der Waals surface area contributed by atoms with E-state index >= 15 is 0 Å². The van der Waals surface area contributed by atoms with Crippen molar-refractivity contribution in [3.8, 4) is 0 Å². The van der Waals surface area contributed by atoms with Gasteiger partial charge in [0.2, 0.25) is 0 Å². The lowest BCUT2D eigenvalue weighted by molar-refractivity contribution is 0.0700. The Balaban J connectivity index is 3.15. The van der Waals surface area contributed by atoms with E-state index in [9.17, 15) is 4.79 Å². The number of nitrogens with two attached hydrogens (primary N) is 1. The summed E-state index contributed by atoms with van der Waals surface area (Å²) < 4.78 is 0. The van der Waals surface area contributed by atoms with Crippen LogP contribution < -0.4 is 5.73 Å². The first-order valence-electron chi connectivity index (χ1n) is 3.99. The second-order valence-corrected chi connectivity index (χ2v) is 4.07. The first-order valence-corrected chi connectivity index (χ1v) is 4.80. The fraction of sp³-hybridized carbons (Fsp3) is 0.500. The molecule has 1 heterocycles. The lowest BCUT2D eigenvalue weighted by Crippen LogP contribution is -2.00. The van der Waals surface area contributed by atoms with Gasteiger partial charge in [-0.1, -0.05) is 13.8 Å². The van der Waals surface area contributed by atoms with Crippen molar-refractivity contribution >= 4 is 17.3 Å². The van der Waals surface area contributed by atoms with Crippen LogP contribution >= 0.6 is 11.3 Å². The van der Waals surface area contributed by atoms with Crippen LogP contribution in [0.25, 0.3) is 0 Å². The van der Waals surface area contributed by atoms with Gasteiger partial charge in [-0.05, 0) is 5.92 Å². The van der Waals surface area contributed by atoms with Gasteiger partial charge in [0.1, 0.15) is 9.88 Å². The van der Waals surface area contributed by atoms with Crippen molar-refractivity contribution in [2.45, 2.75) is 26.3 Å². The maximum Gasteiger partial charge on any atom is 0.347 e. The molecule has 0 bridgehead atoms. The third kappa shape index (κ3) is 2.05. The normalized spacial score (nSPS) is 10.8. The predicted molar refractivity (Wildman–Crippen MR) is 51.1 cm³/mol. The Morgan fingerprint density at radius 3 is 2.62 bits per heavy atom. The molecule has 1 aromatic rings. The second kappa shape index (κ2) is 3.85. The van der Waals surface area contributed by atoms with E-state index in [-0.39, 0.29) is 5.92 Å². The summed E-state index contributed by atoms with van der Waals surface area (Å²) in [6.07, 6.45) is 0. The Morgan fingerprint density at radius 2 is 2.31 bits per heavy atom. The van der Waals surface area contributed by atoms with Gasteiger partial charge in [0.25, 0.3) is 0 Å². The molecule has 0 aliphatic rings. The van der Waals surface area contributed by atoms with Gasteiger partial charge in [-0.3, -0.25) is 0 Å². The average molecular weight is 200 g/mol. The van der Waals surface area contributed by atoms with Gasteiger partial charge in [0.15, 0.2) is 0 Å². The Bertz CT molecular complexity index is 320. The molecule has 13 heavy (non-hydrogen) atoms. The number of carbonyl (C=O) groups is 1. The van der Waals surface area contributed by atoms with Gasteiger partial charge in [-0.2, -0.15) is 0 Å². The van der Waals surface area contributed by atoms with Crippen LogP contribution in [0.4, 0.5) is 0 Å². The number of carboxylic acids is 1. The maximum atomic E-state index is 10.8. The SMILES string of the molecule is CC(C)c1nc(CN)sc1C(=O)O. The summed E-state index contributed by atoms with van der Waals surface area (Å²) in [6, 6.07) is 0. The monoisotopic (exact) mass is 200 g/mol. The molecule has 5 heteroatoms. The van der Waals surface area contributed by atoms with Crippen molar-refractivity contribution in [2.75, 3.05) is 0 Å². The molecule has 0 aliphatic carbocycles. The van der Waals surface area contributed by atoms with Gasteiger partial charge in [-0.15, -0.1) is 11.3 Å². The lowest BCUT2D eigenvalue weighted by atomic mass is 10.1. The molecule has 0 aromatic carbocycles. The van der Waals surface area contributed by atoms with E-state index in [2.05, 4.69) is 4.98 Å². The molecule has 0 saturated heterocycles. The summed E-state index contributed by atoms with van der Waals surface area (Å²) in [5.74, 6) is -0.788. The van der Waals surface area contributed by atoms with Crippen LogP contribution in [0.2, 0.25) is 0 Å². The molecule has 0 spiro atoms. The number of hydrogen-bond donors (Lipinski definition) is 2. The fourth-order valence-corrected chi connectivity index (χ4v) is 1.95. The van der Waals surface area contributed by atoms with Gasteiger partial charge in [0.05, 0.1) is 5.69 Å². The first kappa shape index (κ1) is 10.1. The van der Waals surface area contributed by atoms with Crippen LogP contribution in [0.1, 0.15) is 40.1 Å². The van der Waals surface area contributed by atoms with E-state index in [0.717, 1.165) is 11.3 Å². The van der Waals surface area contributed by atoms with Crippen LogP contribution in [0, 0.1) is 0 Å². The van der Waals surface area contributed by atoms with Crippen LogP contribution in [-0.4, -0.2) is 16.1 Å². The zero-order valence-corrected chi connectivity index (χ0v) is 8.39. The molecule has 0 unspecified atom stereocenters. The summed E-state index contributed by atoms with van der Waals surface area (Å²) in [4.78, 5) is 15.3. The quantitative estimate of drug-likeness (QED) is 0.773. The minimum atomic E-state index is -0.916. The molecular weight excluding hydrogens is 188 g/mol. The van der Waals surface area contributed by atoms with Crippen molar-refractivity contribution in [3.05, 3.63) is 15.6 Å². The maximum absolute atomic E-state index is 10.8.